The van der Waals surface area contributed by atoms with Gasteiger partial charge in [0.1, 0.15) is 0 Å². The van der Waals surface area contributed by atoms with E-state index in [-0.39, 0.29) is 12.0 Å². The van der Waals surface area contributed by atoms with Crippen LogP contribution in [0.4, 0.5) is 0 Å². The van der Waals surface area contributed by atoms with Crippen molar-refractivity contribution in [1.82, 2.24) is 9.80 Å². The van der Waals surface area contributed by atoms with Gasteiger partial charge in [0.25, 0.3) is 0 Å². The largest absolute Gasteiger partial charge is 0.340 e. The van der Waals surface area contributed by atoms with E-state index in [4.69, 9.17) is 5.73 Å². The molecule has 2 aliphatic heterocycles. The molecular formula is C12H21N3O. The summed E-state index contributed by atoms with van der Waals surface area (Å²) in [6.45, 7) is 4.21. The summed E-state index contributed by atoms with van der Waals surface area (Å²) in [6.07, 6.45) is 4.39. The Kier molecular flexibility index (Phi) is 2.64. The van der Waals surface area contributed by atoms with Crippen LogP contribution >= 0.6 is 0 Å². The van der Waals surface area contributed by atoms with Gasteiger partial charge >= 0.3 is 0 Å². The lowest BCUT2D eigenvalue weighted by Gasteiger charge is -2.41. The molecule has 0 radical (unpaired) electrons. The monoisotopic (exact) mass is 223 g/mol. The second kappa shape index (κ2) is 4.00. The quantitative estimate of drug-likeness (QED) is 0.682. The molecular weight excluding hydrogens is 202 g/mol. The van der Waals surface area contributed by atoms with Gasteiger partial charge in [-0.2, -0.15) is 0 Å². The zero-order chi connectivity index (χ0) is 11.1. The Bertz CT molecular complexity index is 288. The Balaban J connectivity index is 1.57. The molecule has 2 saturated heterocycles. The Hall–Kier alpha value is -0.610. The maximum Gasteiger partial charge on any atom is 0.225 e. The highest BCUT2D eigenvalue weighted by Gasteiger charge is 2.38. The van der Waals surface area contributed by atoms with E-state index in [0.717, 1.165) is 32.5 Å². The summed E-state index contributed by atoms with van der Waals surface area (Å²) >= 11 is 0. The van der Waals surface area contributed by atoms with E-state index >= 15 is 0 Å². The maximum atomic E-state index is 12.2. The van der Waals surface area contributed by atoms with E-state index in [1.807, 2.05) is 0 Å². The molecule has 1 amide bonds. The topological polar surface area (TPSA) is 49.6 Å². The minimum atomic E-state index is 0.239. The van der Waals surface area contributed by atoms with Crippen LogP contribution in [0.15, 0.2) is 0 Å². The van der Waals surface area contributed by atoms with Gasteiger partial charge in [0.15, 0.2) is 0 Å². The van der Waals surface area contributed by atoms with Crippen molar-refractivity contribution in [3.63, 3.8) is 0 Å². The molecule has 1 atom stereocenters. The van der Waals surface area contributed by atoms with Gasteiger partial charge in [-0.25, -0.2) is 0 Å². The van der Waals surface area contributed by atoms with Gasteiger partial charge in [-0.15, -0.1) is 0 Å². The standard InChI is InChI=1S/C12H21N3O/c13-10-6-9(7-10)12(16)15-5-4-14-3-1-2-11(14)8-15/h9-11H,1-8,13H2. The van der Waals surface area contributed by atoms with Crippen LogP contribution in [0.2, 0.25) is 0 Å². The summed E-state index contributed by atoms with van der Waals surface area (Å²) in [5, 5.41) is 0. The van der Waals surface area contributed by atoms with E-state index in [1.54, 1.807) is 0 Å². The number of fused-ring (bicyclic) bond motifs is 1. The molecule has 4 heteroatoms. The van der Waals surface area contributed by atoms with E-state index in [2.05, 4.69) is 9.80 Å². The van der Waals surface area contributed by atoms with Crippen molar-refractivity contribution in [2.45, 2.75) is 37.8 Å². The second-order valence-corrected chi connectivity index (χ2v) is 5.54. The van der Waals surface area contributed by atoms with Crippen molar-refractivity contribution in [2.75, 3.05) is 26.2 Å². The predicted molar refractivity (Wildman–Crippen MR) is 61.9 cm³/mol. The third-order valence-corrected chi connectivity index (χ3v) is 4.42. The summed E-state index contributed by atoms with van der Waals surface area (Å²) in [5.41, 5.74) is 5.74. The van der Waals surface area contributed by atoms with E-state index in [0.29, 0.717) is 11.9 Å². The molecule has 2 heterocycles. The molecule has 90 valence electrons. The van der Waals surface area contributed by atoms with Crippen LogP contribution < -0.4 is 5.73 Å². The molecule has 0 aromatic heterocycles. The number of nitrogens with zero attached hydrogens (tertiary/aromatic N) is 2. The van der Waals surface area contributed by atoms with Crippen molar-refractivity contribution >= 4 is 5.91 Å². The van der Waals surface area contributed by atoms with E-state index in [1.165, 1.54) is 19.4 Å². The normalized spacial score (nSPS) is 39.3. The first-order chi connectivity index (χ1) is 7.74. The minimum Gasteiger partial charge on any atom is -0.340 e. The average molecular weight is 223 g/mol. The van der Waals surface area contributed by atoms with Crippen LogP contribution in [0.3, 0.4) is 0 Å². The Morgan fingerprint density at radius 3 is 2.75 bits per heavy atom. The summed E-state index contributed by atoms with van der Waals surface area (Å²) in [7, 11) is 0. The Morgan fingerprint density at radius 2 is 2.00 bits per heavy atom. The molecule has 4 nitrogen and oxygen atoms in total. The van der Waals surface area contributed by atoms with Crippen LogP contribution in [-0.2, 0) is 4.79 Å². The molecule has 1 saturated carbocycles. The van der Waals surface area contributed by atoms with E-state index in [9.17, 15) is 4.79 Å². The smallest absolute Gasteiger partial charge is 0.225 e. The fourth-order valence-electron chi connectivity index (χ4n) is 3.31. The lowest BCUT2D eigenvalue weighted by molar-refractivity contribution is -0.141. The molecule has 3 rings (SSSR count). The van der Waals surface area contributed by atoms with Gasteiger partial charge in [0.05, 0.1) is 0 Å². The summed E-state index contributed by atoms with van der Waals surface area (Å²) in [6, 6.07) is 0.924. The van der Waals surface area contributed by atoms with Gasteiger partial charge in [-0.3, -0.25) is 9.69 Å². The lowest BCUT2D eigenvalue weighted by atomic mass is 9.80. The summed E-state index contributed by atoms with van der Waals surface area (Å²) in [5.74, 6) is 0.608. The maximum absolute atomic E-state index is 12.2. The van der Waals surface area contributed by atoms with Gasteiger partial charge in [0, 0.05) is 37.6 Å². The SMILES string of the molecule is NC1CC(C(=O)N2CCN3CCCC3C2)C1. The van der Waals surface area contributed by atoms with Gasteiger partial charge < -0.3 is 10.6 Å². The third-order valence-electron chi connectivity index (χ3n) is 4.42. The predicted octanol–water partition coefficient (Wildman–Crippen LogP) is 0.0303. The molecule has 3 aliphatic rings. The minimum absolute atomic E-state index is 0.239. The fraction of sp³-hybridized carbons (Fsp3) is 0.917. The van der Waals surface area contributed by atoms with Crippen LogP contribution in [0.25, 0.3) is 0 Å². The highest BCUT2D eigenvalue weighted by Crippen LogP contribution is 2.29. The van der Waals surface area contributed by atoms with Crippen LogP contribution in [0.5, 0.6) is 0 Å². The molecule has 3 fully saturated rings. The molecule has 0 spiro atoms. The van der Waals surface area contributed by atoms with Gasteiger partial charge in [-0.1, -0.05) is 0 Å². The zero-order valence-corrected chi connectivity index (χ0v) is 9.77. The number of hydrogen-bond donors (Lipinski definition) is 1. The molecule has 16 heavy (non-hydrogen) atoms. The summed E-state index contributed by atoms with van der Waals surface area (Å²) in [4.78, 5) is 16.8. The first-order valence-electron chi connectivity index (χ1n) is 6.52. The average Bonchev–Trinajstić information content (AvgIpc) is 2.70. The van der Waals surface area contributed by atoms with Crippen molar-refractivity contribution < 1.29 is 4.79 Å². The van der Waals surface area contributed by atoms with Crippen molar-refractivity contribution in [3.05, 3.63) is 0 Å². The van der Waals surface area contributed by atoms with Crippen LogP contribution in [0, 0.1) is 5.92 Å². The first kappa shape index (κ1) is 10.5. The van der Waals surface area contributed by atoms with Crippen molar-refractivity contribution in [1.29, 1.82) is 0 Å². The molecule has 0 aromatic rings. The summed E-state index contributed by atoms with van der Waals surface area (Å²) < 4.78 is 0. The molecule has 0 bridgehead atoms. The van der Waals surface area contributed by atoms with Gasteiger partial charge in [-0.05, 0) is 32.2 Å². The number of piperazine rings is 1. The number of carbonyl (C=O) groups excluding carboxylic acids is 1. The fourth-order valence-corrected chi connectivity index (χ4v) is 3.31. The first-order valence-corrected chi connectivity index (χ1v) is 6.52. The number of rotatable bonds is 1. The zero-order valence-electron chi connectivity index (χ0n) is 9.77. The van der Waals surface area contributed by atoms with Crippen molar-refractivity contribution in [3.8, 4) is 0 Å². The van der Waals surface area contributed by atoms with Crippen LogP contribution in [-0.4, -0.2) is 54.0 Å². The van der Waals surface area contributed by atoms with Crippen LogP contribution in [0.1, 0.15) is 25.7 Å². The highest BCUT2D eigenvalue weighted by molar-refractivity contribution is 5.80. The molecule has 1 aliphatic carbocycles. The third kappa shape index (κ3) is 1.74. The van der Waals surface area contributed by atoms with Gasteiger partial charge in [0.2, 0.25) is 5.91 Å². The van der Waals surface area contributed by atoms with E-state index < -0.39 is 0 Å². The molecule has 2 N–H and O–H groups in total. The number of hydrogen-bond acceptors (Lipinski definition) is 3. The van der Waals surface area contributed by atoms with Crippen molar-refractivity contribution in [2.24, 2.45) is 11.7 Å². The Labute approximate surface area is 96.8 Å². The number of amides is 1. The second-order valence-electron chi connectivity index (χ2n) is 5.54. The lowest BCUT2D eigenvalue weighted by Crippen LogP contribution is -2.55. The highest BCUT2D eigenvalue weighted by atomic mass is 16.2. The number of nitrogens with two attached hydrogens (primary N) is 1. The number of carbonyl (C=O) groups is 1. The molecule has 1 unspecified atom stereocenters. The molecule has 0 aromatic carbocycles. The Morgan fingerprint density at radius 1 is 1.19 bits per heavy atom.